The van der Waals surface area contributed by atoms with E-state index in [9.17, 15) is 25.5 Å². The third-order valence-corrected chi connectivity index (χ3v) is 5.12. The number of phenols is 1. The van der Waals surface area contributed by atoms with E-state index in [4.69, 9.17) is 23.7 Å². The predicted molar refractivity (Wildman–Crippen MR) is 111 cm³/mol. The number of benzene rings is 2. The molecule has 1 saturated heterocycles. The Morgan fingerprint density at radius 1 is 0.969 bits per heavy atom. The lowest BCUT2D eigenvalue weighted by Gasteiger charge is -2.36. The van der Waals surface area contributed by atoms with Crippen molar-refractivity contribution in [1.82, 2.24) is 0 Å². The molecule has 2 aromatic carbocycles. The minimum atomic E-state index is -1.49. The van der Waals surface area contributed by atoms with Crippen molar-refractivity contribution in [3.63, 3.8) is 0 Å². The summed E-state index contributed by atoms with van der Waals surface area (Å²) in [5, 5.41) is 50.5. The van der Waals surface area contributed by atoms with Crippen LogP contribution < -0.4 is 14.2 Å². The maximum absolute atomic E-state index is 11.0. The molecule has 0 amide bonds. The molecule has 6 atom stereocenters. The molecule has 1 aliphatic heterocycles. The molecule has 10 heteroatoms. The summed E-state index contributed by atoms with van der Waals surface area (Å²) in [5.74, 6) is 0.851. The maximum atomic E-state index is 11.0. The van der Waals surface area contributed by atoms with E-state index in [1.165, 1.54) is 32.4 Å². The van der Waals surface area contributed by atoms with Crippen molar-refractivity contribution in [1.29, 1.82) is 0 Å². The number of aromatic hydroxyl groups is 1. The van der Waals surface area contributed by atoms with E-state index in [0.29, 0.717) is 17.1 Å². The van der Waals surface area contributed by atoms with Gasteiger partial charge in [0, 0.05) is 0 Å². The van der Waals surface area contributed by atoms with Gasteiger partial charge >= 0.3 is 0 Å². The van der Waals surface area contributed by atoms with Crippen LogP contribution in [0.1, 0.15) is 11.7 Å². The summed E-state index contributed by atoms with van der Waals surface area (Å²) >= 11 is 0. The van der Waals surface area contributed by atoms with Gasteiger partial charge in [-0.05, 0) is 29.8 Å². The van der Waals surface area contributed by atoms with Gasteiger partial charge in [-0.2, -0.15) is 0 Å². The number of aliphatic hydroxyl groups excluding tert-OH is 4. The maximum Gasteiger partial charge on any atom is 0.186 e. The van der Waals surface area contributed by atoms with Crippen LogP contribution in [0.2, 0.25) is 0 Å². The van der Waals surface area contributed by atoms with Crippen molar-refractivity contribution in [2.45, 2.75) is 36.8 Å². The van der Waals surface area contributed by atoms with Crippen molar-refractivity contribution in [2.75, 3.05) is 27.4 Å². The summed E-state index contributed by atoms with van der Waals surface area (Å²) in [6.07, 6.45) is -7.66. The van der Waals surface area contributed by atoms with Crippen LogP contribution in [0.25, 0.3) is 0 Å². The van der Waals surface area contributed by atoms with Crippen molar-refractivity contribution >= 4 is 0 Å². The van der Waals surface area contributed by atoms with Crippen molar-refractivity contribution < 1.29 is 49.2 Å². The molecule has 5 N–H and O–H groups in total. The number of para-hydroxylation sites is 2. The van der Waals surface area contributed by atoms with Gasteiger partial charge < -0.3 is 49.2 Å². The highest BCUT2D eigenvalue weighted by atomic mass is 16.7. The lowest BCUT2D eigenvalue weighted by atomic mass is 10.0. The average Bonchev–Trinajstić information content (AvgIpc) is 2.81. The number of methoxy groups -OCH3 is 2. The molecule has 1 fully saturated rings. The molecule has 3 rings (SSSR count). The van der Waals surface area contributed by atoms with Gasteiger partial charge in [0.2, 0.25) is 0 Å². The Balaban J connectivity index is 1.82. The van der Waals surface area contributed by atoms with E-state index in [1.54, 1.807) is 24.3 Å². The van der Waals surface area contributed by atoms with Crippen LogP contribution in [0.4, 0.5) is 0 Å². The largest absolute Gasteiger partial charge is 0.504 e. The Kier molecular flexibility index (Phi) is 8.13. The van der Waals surface area contributed by atoms with Crippen molar-refractivity contribution in [3.8, 4) is 23.0 Å². The third-order valence-electron chi connectivity index (χ3n) is 5.12. The molecular weight excluding hydrogens is 424 g/mol. The van der Waals surface area contributed by atoms with Crippen LogP contribution in [0, 0.1) is 0 Å². The first kappa shape index (κ1) is 24.1. The van der Waals surface area contributed by atoms with Crippen LogP contribution in [-0.2, 0) is 9.47 Å². The van der Waals surface area contributed by atoms with E-state index >= 15 is 0 Å². The Morgan fingerprint density at radius 3 is 2.34 bits per heavy atom. The summed E-state index contributed by atoms with van der Waals surface area (Å²) in [6.45, 7) is -0.481. The predicted octanol–water partition coefficient (Wildman–Crippen LogP) is 0.346. The highest BCUT2D eigenvalue weighted by Gasteiger charge is 2.39. The quantitative estimate of drug-likeness (QED) is 0.361. The van der Waals surface area contributed by atoms with Crippen LogP contribution in [0.5, 0.6) is 23.0 Å². The normalized spacial score (nSPS) is 25.1. The zero-order chi connectivity index (χ0) is 23.3. The Bertz CT molecular complexity index is 876. The standard InChI is InChI=1S/C22H28O10/c1-28-15-5-3-4-6-16(15)32-18(11-31-22-21(27)20(26)14(24)10-30-22)19(25)12-7-8-13(23)17(9-12)29-2/h3-9,14,18-27H,10-11H2,1-2H3/t14-,18-,19+,20+,21-,22+/m1/s1. The monoisotopic (exact) mass is 452 g/mol. The SMILES string of the molecule is COc1cc([C@H](O)[C@@H](CO[C@@H]2OC[C@@H](O)[C@H](O)[C@H]2O)Oc2ccccc2OC)ccc1O. The van der Waals surface area contributed by atoms with Crippen LogP contribution in [0.3, 0.4) is 0 Å². The molecule has 1 aliphatic rings. The van der Waals surface area contributed by atoms with Crippen molar-refractivity contribution in [2.24, 2.45) is 0 Å². The fourth-order valence-corrected chi connectivity index (χ4v) is 3.28. The third kappa shape index (κ3) is 5.41. The second-order valence-electron chi connectivity index (χ2n) is 7.27. The number of hydrogen-bond donors (Lipinski definition) is 5. The summed E-state index contributed by atoms with van der Waals surface area (Å²) in [6, 6.07) is 11.2. The molecule has 0 radical (unpaired) electrons. The van der Waals surface area contributed by atoms with E-state index < -0.39 is 36.8 Å². The summed E-state index contributed by atoms with van der Waals surface area (Å²) in [7, 11) is 2.87. The van der Waals surface area contributed by atoms with Gasteiger partial charge in [-0.15, -0.1) is 0 Å². The van der Waals surface area contributed by atoms with Crippen LogP contribution in [0.15, 0.2) is 42.5 Å². The fraction of sp³-hybridized carbons (Fsp3) is 0.455. The van der Waals surface area contributed by atoms with Gasteiger partial charge in [-0.1, -0.05) is 18.2 Å². The van der Waals surface area contributed by atoms with Gasteiger partial charge in [-0.25, -0.2) is 0 Å². The van der Waals surface area contributed by atoms with Gasteiger partial charge in [0.1, 0.15) is 24.4 Å². The zero-order valence-electron chi connectivity index (χ0n) is 17.7. The minimum absolute atomic E-state index is 0.0897. The van der Waals surface area contributed by atoms with Gasteiger partial charge in [-0.3, -0.25) is 0 Å². The van der Waals surface area contributed by atoms with Crippen LogP contribution in [-0.4, -0.2) is 83.7 Å². The first-order chi connectivity index (χ1) is 15.3. The molecule has 0 bridgehead atoms. The molecule has 32 heavy (non-hydrogen) atoms. The van der Waals surface area contributed by atoms with E-state index in [2.05, 4.69) is 0 Å². The number of phenolic OH excluding ortho intramolecular Hbond substituents is 1. The Hall–Kier alpha value is -2.60. The molecule has 0 saturated carbocycles. The van der Waals surface area contributed by atoms with Crippen molar-refractivity contribution in [3.05, 3.63) is 48.0 Å². The first-order valence-electron chi connectivity index (χ1n) is 9.97. The molecule has 0 spiro atoms. The second-order valence-corrected chi connectivity index (χ2v) is 7.27. The topological polar surface area (TPSA) is 147 Å². The number of hydrogen-bond acceptors (Lipinski definition) is 10. The lowest BCUT2D eigenvalue weighted by molar-refractivity contribution is -0.275. The summed E-state index contributed by atoms with van der Waals surface area (Å²) < 4.78 is 27.2. The lowest BCUT2D eigenvalue weighted by Crippen LogP contribution is -2.54. The van der Waals surface area contributed by atoms with E-state index in [-0.39, 0.29) is 24.7 Å². The van der Waals surface area contributed by atoms with Crippen LogP contribution >= 0.6 is 0 Å². The molecule has 0 aromatic heterocycles. The summed E-state index contributed by atoms with van der Waals surface area (Å²) in [5.41, 5.74) is 0.378. The fourth-order valence-electron chi connectivity index (χ4n) is 3.28. The zero-order valence-corrected chi connectivity index (χ0v) is 17.7. The second kappa shape index (κ2) is 10.8. The van der Waals surface area contributed by atoms with Gasteiger partial charge in [0.25, 0.3) is 0 Å². The Morgan fingerprint density at radius 2 is 1.66 bits per heavy atom. The van der Waals surface area contributed by atoms with E-state index in [1.807, 2.05) is 0 Å². The van der Waals surface area contributed by atoms with Gasteiger partial charge in [0.15, 0.2) is 35.4 Å². The van der Waals surface area contributed by atoms with Gasteiger partial charge in [0.05, 0.1) is 27.4 Å². The molecule has 1 heterocycles. The molecular formula is C22H28O10. The Labute approximate surface area is 185 Å². The molecule has 0 aliphatic carbocycles. The summed E-state index contributed by atoms with van der Waals surface area (Å²) in [4.78, 5) is 0. The average molecular weight is 452 g/mol. The molecule has 2 aromatic rings. The molecule has 0 unspecified atom stereocenters. The minimum Gasteiger partial charge on any atom is -0.504 e. The highest BCUT2D eigenvalue weighted by Crippen LogP contribution is 2.33. The molecule has 10 nitrogen and oxygen atoms in total. The highest BCUT2D eigenvalue weighted by molar-refractivity contribution is 5.43. The smallest absolute Gasteiger partial charge is 0.186 e. The van der Waals surface area contributed by atoms with E-state index in [0.717, 1.165) is 0 Å². The number of rotatable bonds is 9. The number of aliphatic hydroxyl groups is 4. The molecule has 176 valence electrons. The first-order valence-corrected chi connectivity index (χ1v) is 9.97. The number of ether oxygens (including phenoxy) is 5.